The summed E-state index contributed by atoms with van der Waals surface area (Å²) in [5, 5.41) is 8.43. The zero-order valence-corrected chi connectivity index (χ0v) is 8.10. The van der Waals surface area contributed by atoms with E-state index in [1.54, 1.807) is 0 Å². The fourth-order valence-corrected chi connectivity index (χ4v) is 1.80. The third-order valence-corrected chi connectivity index (χ3v) is 2.76. The molecular weight excluding hydrogens is 174 g/mol. The third-order valence-electron chi connectivity index (χ3n) is 2.52. The minimum Gasteiger partial charge on any atom is -0.296 e. The van der Waals surface area contributed by atoms with Crippen molar-refractivity contribution in [3.63, 3.8) is 0 Å². The number of halogens is 1. The lowest BCUT2D eigenvalue weighted by Gasteiger charge is -2.13. The molecule has 2 rings (SSSR count). The summed E-state index contributed by atoms with van der Waals surface area (Å²) in [7, 11) is 0. The van der Waals surface area contributed by atoms with Gasteiger partial charge in [-0.15, -0.1) is 10.2 Å². The molecule has 66 valence electrons. The van der Waals surface area contributed by atoms with Gasteiger partial charge in [0, 0.05) is 12.0 Å². The highest BCUT2D eigenvalue weighted by atomic mass is 35.5. The molecule has 1 aliphatic carbocycles. The first-order valence-electron chi connectivity index (χ1n) is 4.27. The SMILES string of the molecule is CCc1nnc(Cl)n1C1(C)CC1. The maximum Gasteiger partial charge on any atom is 0.225 e. The van der Waals surface area contributed by atoms with Gasteiger partial charge in [-0.1, -0.05) is 6.92 Å². The number of aromatic nitrogens is 3. The smallest absolute Gasteiger partial charge is 0.225 e. The van der Waals surface area contributed by atoms with E-state index in [1.807, 2.05) is 0 Å². The average molecular weight is 186 g/mol. The van der Waals surface area contributed by atoms with E-state index in [9.17, 15) is 0 Å². The van der Waals surface area contributed by atoms with Gasteiger partial charge in [0.25, 0.3) is 0 Å². The molecule has 0 N–H and O–H groups in total. The first-order valence-corrected chi connectivity index (χ1v) is 4.65. The standard InChI is InChI=1S/C8H12ClN3/c1-3-6-10-11-7(9)12(6)8(2)4-5-8/h3-5H2,1-2H3. The maximum absolute atomic E-state index is 5.94. The molecule has 0 aliphatic heterocycles. The Kier molecular flexibility index (Phi) is 1.65. The molecule has 0 unspecified atom stereocenters. The number of hydrogen-bond acceptors (Lipinski definition) is 2. The van der Waals surface area contributed by atoms with E-state index in [0.717, 1.165) is 12.2 Å². The number of hydrogen-bond donors (Lipinski definition) is 0. The van der Waals surface area contributed by atoms with Gasteiger partial charge >= 0.3 is 0 Å². The van der Waals surface area contributed by atoms with E-state index in [4.69, 9.17) is 11.6 Å². The molecule has 0 amide bonds. The van der Waals surface area contributed by atoms with Gasteiger partial charge in [-0.05, 0) is 31.4 Å². The minimum absolute atomic E-state index is 0.214. The lowest BCUT2D eigenvalue weighted by atomic mass is 10.3. The van der Waals surface area contributed by atoms with Gasteiger partial charge in [-0.2, -0.15) is 0 Å². The Bertz CT molecular complexity index is 301. The predicted molar refractivity (Wildman–Crippen MR) is 47.3 cm³/mol. The van der Waals surface area contributed by atoms with E-state index in [0.29, 0.717) is 5.28 Å². The minimum atomic E-state index is 0.214. The van der Waals surface area contributed by atoms with Crippen molar-refractivity contribution in [3.8, 4) is 0 Å². The summed E-state index contributed by atoms with van der Waals surface area (Å²) < 4.78 is 2.06. The molecule has 0 atom stereocenters. The van der Waals surface area contributed by atoms with Crippen LogP contribution in [0.5, 0.6) is 0 Å². The Balaban J connectivity index is 2.46. The second kappa shape index (κ2) is 2.46. The van der Waals surface area contributed by atoms with Crippen LogP contribution in [-0.2, 0) is 12.0 Å². The van der Waals surface area contributed by atoms with Crippen molar-refractivity contribution in [3.05, 3.63) is 11.1 Å². The molecule has 1 fully saturated rings. The maximum atomic E-state index is 5.94. The molecule has 1 aromatic rings. The third kappa shape index (κ3) is 1.04. The van der Waals surface area contributed by atoms with Crippen LogP contribution in [0.2, 0.25) is 5.28 Å². The van der Waals surface area contributed by atoms with Crippen LogP contribution >= 0.6 is 11.6 Å². The Morgan fingerprint density at radius 3 is 2.67 bits per heavy atom. The average Bonchev–Trinajstić information content (AvgIpc) is 2.64. The topological polar surface area (TPSA) is 30.7 Å². The first-order chi connectivity index (χ1) is 5.67. The van der Waals surface area contributed by atoms with Crippen LogP contribution in [0.1, 0.15) is 32.5 Å². The summed E-state index contributed by atoms with van der Waals surface area (Å²) in [6.45, 7) is 4.27. The Labute approximate surface area is 76.7 Å². The van der Waals surface area contributed by atoms with E-state index < -0.39 is 0 Å². The summed E-state index contributed by atoms with van der Waals surface area (Å²) in [4.78, 5) is 0. The summed E-state index contributed by atoms with van der Waals surface area (Å²) in [5.74, 6) is 1.00. The van der Waals surface area contributed by atoms with Gasteiger partial charge in [-0.25, -0.2) is 0 Å². The Morgan fingerprint density at radius 1 is 1.50 bits per heavy atom. The molecule has 0 bridgehead atoms. The quantitative estimate of drug-likeness (QED) is 0.706. The van der Waals surface area contributed by atoms with Gasteiger partial charge in [0.05, 0.1) is 0 Å². The molecule has 3 nitrogen and oxygen atoms in total. The number of aryl methyl sites for hydroxylation is 1. The summed E-state index contributed by atoms with van der Waals surface area (Å²) in [6.07, 6.45) is 3.28. The van der Waals surface area contributed by atoms with Crippen molar-refractivity contribution >= 4 is 11.6 Å². The van der Waals surface area contributed by atoms with Crippen molar-refractivity contribution in [1.82, 2.24) is 14.8 Å². The van der Waals surface area contributed by atoms with Crippen LogP contribution < -0.4 is 0 Å². The largest absolute Gasteiger partial charge is 0.296 e. The van der Waals surface area contributed by atoms with Crippen LogP contribution in [0.3, 0.4) is 0 Å². The fourth-order valence-electron chi connectivity index (χ4n) is 1.46. The Hall–Kier alpha value is -0.570. The molecule has 1 aromatic heterocycles. The van der Waals surface area contributed by atoms with Crippen molar-refractivity contribution in [2.24, 2.45) is 0 Å². The fraction of sp³-hybridized carbons (Fsp3) is 0.750. The van der Waals surface area contributed by atoms with Crippen LogP contribution in [0, 0.1) is 0 Å². The molecule has 1 saturated carbocycles. The van der Waals surface area contributed by atoms with Gasteiger partial charge in [0.1, 0.15) is 5.82 Å². The highest BCUT2D eigenvalue weighted by Crippen LogP contribution is 2.44. The van der Waals surface area contributed by atoms with Gasteiger partial charge in [0.2, 0.25) is 5.28 Å². The monoisotopic (exact) mass is 185 g/mol. The van der Waals surface area contributed by atoms with Crippen LogP contribution in [0.15, 0.2) is 0 Å². The molecule has 0 spiro atoms. The van der Waals surface area contributed by atoms with Crippen molar-refractivity contribution in [1.29, 1.82) is 0 Å². The van der Waals surface area contributed by atoms with Gasteiger partial charge in [-0.3, -0.25) is 4.57 Å². The molecule has 0 saturated heterocycles. The van der Waals surface area contributed by atoms with E-state index in [2.05, 4.69) is 28.6 Å². The number of rotatable bonds is 2. The molecule has 12 heavy (non-hydrogen) atoms. The summed E-state index contributed by atoms with van der Waals surface area (Å²) >= 11 is 5.94. The zero-order chi connectivity index (χ0) is 8.77. The molecule has 4 heteroatoms. The summed E-state index contributed by atoms with van der Waals surface area (Å²) in [5.41, 5.74) is 0.214. The molecule has 0 aromatic carbocycles. The van der Waals surface area contributed by atoms with Crippen molar-refractivity contribution < 1.29 is 0 Å². The Morgan fingerprint density at radius 2 is 2.17 bits per heavy atom. The molecule has 1 heterocycles. The predicted octanol–water partition coefficient (Wildman–Crippen LogP) is 2.00. The normalized spacial score (nSPS) is 19.6. The summed E-state index contributed by atoms with van der Waals surface area (Å²) in [6, 6.07) is 0. The number of nitrogens with zero attached hydrogens (tertiary/aromatic N) is 3. The van der Waals surface area contributed by atoms with E-state index in [-0.39, 0.29) is 5.54 Å². The van der Waals surface area contributed by atoms with Crippen molar-refractivity contribution in [2.45, 2.75) is 38.6 Å². The lowest BCUT2D eigenvalue weighted by Crippen LogP contribution is -2.15. The molecule has 0 radical (unpaired) electrons. The zero-order valence-electron chi connectivity index (χ0n) is 7.34. The van der Waals surface area contributed by atoms with Crippen molar-refractivity contribution in [2.75, 3.05) is 0 Å². The molecular formula is C8H12ClN3. The highest BCUT2D eigenvalue weighted by Gasteiger charge is 2.42. The highest BCUT2D eigenvalue weighted by molar-refractivity contribution is 6.28. The van der Waals surface area contributed by atoms with Crippen LogP contribution in [0.4, 0.5) is 0 Å². The van der Waals surface area contributed by atoms with Gasteiger partial charge < -0.3 is 0 Å². The molecule has 1 aliphatic rings. The second-order valence-corrected chi connectivity index (χ2v) is 3.91. The van der Waals surface area contributed by atoms with Crippen LogP contribution in [0.25, 0.3) is 0 Å². The second-order valence-electron chi connectivity index (χ2n) is 3.57. The van der Waals surface area contributed by atoms with Gasteiger partial charge in [0.15, 0.2) is 0 Å². The lowest BCUT2D eigenvalue weighted by molar-refractivity contribution is 0.509. The van der Waals surface area contributed by atoms with E-state index in [1.165, 1.54) is 12.8 Å². The first kappa shape index (κ1) is 8.05. The van der Waals surface area contributed by atoms with E-state index >= 15 is 0 Å². The van der Waals surface area contributed by atoms with Crippen LogP contribution in [-0.4, -0.2) is 14.8 Å².